The molecule has 0 atom stereocenters. The standard InChI is InChI=1S/C25H33BrN2O/c1-25(2,3)22-11-7-20(8-12-22)19-28(18-17-27-15-5-4-6-16-27)24(29)21-9-13-23(26)14-10-21/h7-14H,4-6,15-19H2,1-3H3. The third-order valence-electron chi connectivity index (χ3n) is 5.71. The molecule has 0 unspecified atom stereocenters. The second-order valence-corrected chi connectivity index (χ2v) is 10.00. The molecule has 0 N–H and O–H groups in total. The van der Waals surface area contributed by atoms with Crippen molar-refractivity contribution in [3.8, 4) is 0 Å². The van der Waals surface area contributed by atoms with Crippen molar-refractivity contribution in [1.82, 2.24) is 9.80 Å². The van der Waals surface area contributed by atoms with Crippen LogP contribution in [0.2, 0.25) is 0 Å². The minimum absolute atomic E-state index is 0.106. The van der Waals surface area contributed by atoms with E-state index in [4.69, 9.17) is 0 Å². The lowest BCUT2D eigenvalue weighted by Gasteiger charge is -2.30. The Hall–Kier alpha value is -1.65. The molecule has 1 heterocycles. The Morgan fingerprint density at radius 3 is 2.17 bits per heavy atom. The lowest BCUT2D eigenvalue weighted by atomic mass is 9.87. The molecule has 0 spiro atoms. The van der Waals surface area contributed by atoms with Gasteiger partial charge in [-0.25, -0.2) is 0 Å². The Morgan fingerprint density at radius 1 is 0.966 bits per heavy atom. The van der Waals surface area contributed by atoms with Crippen LogP contribution in [0.25, 0.3) is 0 Å². The summed E-state index contributed by atoms with van der Waals surface area (Å²) in [5.74, 6) is 0.106. The second-order valence-electron chi connectivity index (χ2n) is 9.08. The molecule has 0 radical (unpaired) electrons. The van der Waals surface area contributed by atoms with Crippen molar-refractivity contribution in [2.45, 2.75) is 52.0 Å². The summed E-state index contributed by atoms with van der Waals surface area (Å²) in [5, 5.41) is 0. The van der Waals surface area contributed by atoms with E-state index >= 15 is 0 Å². The van der Waals surface area contributed by atoms with E-state index in [9.17, 15) is 4.79 Å². The number of piperidine rings is 1. The molecule has 2 aromatic rings. The molecule has 3 rings (SSSR count). The first kappa shape index (κ1) is 22.0. The summed E-state index contributed by atoms with van der Waals surface area (Å²) in [5.41, 5.74) is 3.39. The van der Waals surface area contributed by atoms with E-state index in [1.165, 1.54) is 30.4 Å². The average Bonchev–Trinajstić information content (AvgIpc) is 2.71. The topological polar surface area (TPSA) is 23.6 Å². The second kappa shape index (κ2) is 9.90. The molecule has 29 heavy (non-hydrogen) atoms. The number of carbonyl (C=O) groups excluding carboxylic acids is 1. The van der Waals surface area contributed by atoms with Crippen LogP contribution in [0.3, 0.4) is 0 Å². The molecule has 1 aliphatic heterocycles. The minimum Gasteiger partial charge on any atom is -0.333 e. The molecule has 1 amide bonds. The predicted octanol–water partition coefficient (Wildman–Crippen LogP) is 5.87. The Balaban J connectivity index is 1.74. The highest BCUT2D eigenvalue weighted by atomic mass is 79.9. The number of benzene rings is 2. The third kappa shape index (κ3) is 6.42. The SMILES string of the molecule is CC(C)(C)c1ccc(CN(CCN2CCCCC2)C(=O)c2ccc(Br)cc2)cc1. The molecule has 1 saturated heterocycles. The highest BCUT2D eigenvalue weighted by Crippen LogP contribution is 2.23. The van der Waals surface area contributed by atoms with E-state index in [1.54, 1.807) is 0 Å². The van der Waals surface area contributed by atoms with E-state index in [0.717, 1.165) is 36.2 Å². The summed E-state index contributed by atoms with van der Waals surface area (Å²) in [4.78, 5) is 17.7. The summed E-state index contributed by atoms with van der Waals surface area (Å²) in [6, 6.07) is 16.4. The molecule has 0 bridgehead atoms. The van der Waals surface area contributed by atoms with Crippen molar-refractivity contribution in [2.75, 3.05) is 26.2 Å². The van der Waals surface area contributed by atoms with Crippen LogP contribution >= 0.6 is 15.9 Å². The van der Waals surface area contributed by atoms with E-state index < -0.39 is 0 Å². The lowest BCUT2D eigenvalue weighted by Crippen LogP contribution is -2.40. The van der Waals surface area contributed by atoms with Gasteiger partial charge < -0.3 is 9.80 Å². The van der Waals surface area contributed by atoms with E-state index in [-0.39, 0.29) is 11.3 Å². The maximum Gasteiger partial charge on any atom is 0.254 e. The summed E-state index contributed by atoms with van der Waals surface area (Å²) in [7, 11) is 0. The van der Waals surface area contributed by atoms with Gasteiger partial charge in [-0.15, -0.1) is 0 Å². The van der Waals surface area contributed by atoms with Gasteiger partial charge in [-0.3, -0.25) is 4.79 Å². The average molecular weight is 457 g/mol. The van der Waals surface area contributed by atoms with Crippen molar-refractivity contribution in [3.05, 3.63) is 69.7 Å². The first-order chi connectivity index (χ1) is 13.8. The highest BCUT2D eigenvalue weighted by Gasteiger charge is 2.19. The minimum atomic E-state index is 0.106. The highest BCUT2D eigenvalue weighted by molar-refractivity contribution is 9.10. The Labute approximate surface area is 184 Å². The van der Waals surface area contributed by atoms with Crippen molar-refractivity contribution in [1.29, 1.82) is 0 Å². The quantitative estimate of drug-likeness (QED) is 0.541. The van der Waals surface area contributed by atoms with Gasteiger partial charge >= 0.3 is 0 Å². The number of halogens is 1. The van der Waals surface area contributed by atoms with Gasteiger partial charge in [0.25, 0.3) is 5.91 Å². The zero-order chi connectivity index (χ0) is 20.9. The van der Waals surface area contributed by atoms with Crippen LogP contribution in [-0.2, 0) is 12.0 Å². The molecular weight excluding hydrogens is 424 g/mol. The maximum atomic E-state index is 13.3. The van der Waals surface area contributed by atoms with Crippen molar-refractivity contribution in [3.63, 3.8) is 0 Å². The Kier molecular flexibility index (Phi) is 7.53. The normalized spacial score (nSPS) is 15.3. The van der Waals surface area contributed by atoms with Crippen LogP contribution < -0.4 is 0 Å². The zero-order valence-corrected chi connectivity index (χ0v) is 19.5. The molecule has 2 aromatic carbocycles. The van der Waals surface area contributed by atoms with E-state index in [2.05, 4.69) is 65.9 Å². The van der Waals surface area contributed by atoms with Gasteiger partial charge in [0.1, 0.15) is 0 Å². The van der Waals surface area contributed by atoms with Gasteiger partial charge in [-0.1, -0.05) is 67.4 Å². The zero-order valence-electron chi connectivity index (χ0n) is 18.0. The van der Waals surface area contributed by atoms with Gasteiger partial charge in [0.2, 0.25) is 0 Å². The van der Waals surface area contributed by atoms with Gasteiger partial charge in [0.05, 0.1) is 0 Å². The van der Waals surface area contributed by atoms with Crippen LogP contribution in [0.5, 0.6) is 0 Å². The predicted molar refractivity (Wildman–Crippen MR) is 124 cm³/mol. The summed E-state index contributed by atoms with van der Waals surface area (Å²) < 4.78 is 0.992. The molecule has 1 aliphatic rings. The fourth-order valence-corrected chi connectivity index (χ4v) is 4.07. The fourth-order valence-electron chi connectivity index (χ4n) is 3.80. The van der Waals surface area contributed by atoms with E-state index in [0.29, 0.717) is 6.54 Å². The third-order valence-corrected chi connectivity index (χ3v) is 6.24. The number of amides is 1. The van der Waals surface area contributed by atoms with E-state index in [1.807, 2.05) is 29.2 Å². The first-order valence-corrected chi connectivity index (χ1v) is 11.5. The molecule has 1 fully saturated rings. The van der Waals surface area contributed by atoms with Gasteiger partial charge in [0.15, 0.2) is 0 Å². The molecule has 0 aliphatic carbocycles. The first-order valence-electron chi connectivity index (χ1n) is 10.7. The van der Waals surface area contributed by atoms with Gasteiger partial charge in [-0.05, 0) is 66.7 Å². The summed E-state index contributed by atoms with van der Waals surface area (Å²) in [6.45, 7) is 11.3. The van der Waals surface area contributed by atoms with Crippen molar-refractivity contribution >= 4 is 21.8 Å². The molecular formula is C25H33BrN2O. The van der Waals surface area contributed by atoms with Crippen LogP contribution in [0, 0.1) is 0 Å². The molecule has 0 saturated carbocycles. The Morgan fingerprint density at radius 2 is 1.59 bits per heavy atom. The maximum absolute atomic E-state index is 13.3. The van der Waals surface area contributed by atoms with Crippen LogP contribution in [0.4, 0.5) is 0 Å². The van der Waals surface area contributed by atoms with Gasteiger partial charge in [-0.2, -0.15) is 0 Å². The molecule has 3 nitrogen and oxygen atoms in total. The monoisotopic (exact) mass is 456 g/mol. The number of hydrogen-bond acceptors (Lipinski definition) is 2. The number of hydrogen-bond donors (Lipinski definition) is 0. The number of carbonyl (C=O) groups is 1. The van der Waals surface area contributed by atoms with Crippen LogP contribution in [0.1, 0.15) is 61.5 Å². The van der Waals surface area contributed by atoms with Crippen LogP contribution in [-0.4, -0.2) is 41.9 Å². The molecule has 4 heteroatoms. The molecule has 0 aromatic heterocycles. The Bertz CT molecular complexity index is 787. The fraction of sp³-hybridized carbons (Fsp3) is 0.480. The van der Waals surface area contributed by atoms with Crippen molar-refractivity contribution < 1.29 is 4.79 Å². The summed E-state index contributed by atoms with van der Waals surface area (Å²) >= 11 is 3.46. The molecule has 156 valence electrons. The van der Waals surface area contributed by atoms with Crippen LogP contribution in [0.15, 0.2) is 53.0 Å². The largest absolute Gasteiger partial charge is 0.333 e. The lowest BCUT2D eigenvalue weighted by molar-refractivity contribution is 0.0715. The number of nitrogens with zero attached hydrogens (tertiary/aromatic N) is 2. The number of rotatable bonds is 6. The number of likely N-dealkylation sites (tertiary alicyclic amines) is 1. The van der Waals surface area contributed by atoms with Gasteiger partial charge in [0, 0.05) is 29.7 Å². The van der Waals surface area contributed by atoms with Crippen molar-refractivity contribution in [2.24, 2.45) is 0 Å². The smallest absolute Gasteiger partial charge is 0.254 e. The summed E-state index contributed by atoms with van der Waals surface area (Å²) in [6.07, 6.45) is 3.88.